The number of halogens is 1. The van der Waals surface area contributed by atoms with E-state index in [-0.39, 0.29) is 18.4 Å². The van der Waals surface area contributed by atoms with Gasteiger partial charge in [0.15, 0.2) is 0 Å². The third-order valence-electron chi connectivity index (χ3n) is 4.59. The normalized spacial score (nSPS) is 14.7. The van der Waals surface area contributed by atoms with Gasteiger partial charge in [0, 0.05) is 23.6 Å². The van der Waals surface area contributed by atoms with Crippen molar-refractivity contribution in [3.63, 3.8) is 0 Å². The zero-order chi connectivity index (χ0) is 16.8. The zero-order valence-electron chi connectivity index (χ0n) is 13.9. The molecule has 0 spiro atoms. The maximum Gasteiger partial charge on any atom is 0.246 e. The molecule has 1 aliphatic rings. The molecule has 1 fully saturated rings. The molecule has 0 saturated heterocycles. The second-order valence-electron chi connectivity index (χ2n) is 6.35. The van der Waals surface area contributed by atoms with Crippen molar-refractivity contribution in [3.8, 4) is 0 Å². The van der Waals surface area contributed by atoms with Gasteiger partial charge in [-0.05, 0) is 43.0 Å². The summed E-state index contributed by atoms with van der Waals surface area (Å²) < 4.78 is 1.02. The Hall–Kier alpha value is -1.36. The summed E-state index contributed by atoms with van der Waals surface area (Å²) in [5.41, 5.74) is 1.90. The highest BCUT2D eigenvalue weighted by Crippen LogP contribution is 2.28. The van der Waals surface area contributed by atoms with Crippen molar-refractivity contribution < 1.29 is 9.59 Å². The molecule has 0 radical (unpaired) electrons. The molecule has 2 amide bonds. The van der Waals surface area contributed by atoms with Crippen molar-refractivity contribution >= 4 is 33.4 Å². The molecule has 126 valence electrons. The highest BCUT2D eigenvalue weighted by molar-refractivity contribution is 9.10. The van der Waals surface area contributed by atoms with Crippen molar-refractivity contribution in [3.05, 3.63) is 28.2 Å². The first-order chi connectivity index (χ1) is 11.0. The van der Waals surface area contributed by atoms with E-state index >= 15 is 0 Å². The Balaban J connectivity index is 1.76. The van der Waals surface area contributed by atoms with E-state index in [1.807, 2.05) is 25.1 Å². The molecule has 2 rings (SSSR count). The molecule has 0 atom stereocenters. The van der Waals surface area contributed by atoms with Crippen molar-refractivity contribution in [2.45, 2.75) is 45.4 Å². The van der Waals surface area contributed by atoms with Crippen molar-refractivity contribution in [1.29, 1.82) is 0 Å². The Morgan fingerprint density at radius 2 is 2.00 bits per heavy atom. The minimum atomic E-state index is -0.110. The van der Waals surface area contributed by atoms with Crippen LogP contribution >= 0.6 is 15.9 Å². The third kappa shape index (κ3) is 5.34. The van der Waals surface area contributed by atoms with Gasteiger partial charge in [-0.3, -0.25) is 9.59 Å². The van der Waals surface area contributed by atoms with Crippen LogP contribution in [0.1, 0.15) is 44.1 Å². The maximum atomic E-state index is 12.2. The van der Waals surface area contributed by atoms with E-state index in [1.54, 1.807) is 11.9 Å². The van der Waals surface area contributed by atoms with Crippen LogP contribution in [0.5, 0.6) is 0 Å². The molecular formula is C18H25BrN2O2. The van der Waals surface area contributed by atoms with Crippen LogP contribution < -0.4 is 10.2 Å². The second kappa shape index (κ2) is 8.48. The number of carbonyl (C=O) groups excluding carboxylic acids is 2. The van der Waals surface area contributed by atoms with Crippen LogP contribution in [0.3, 0.4) is 0 Å². The van der Waals surface area contributed by atoms with Gasteiger partial charge in [0.2, 0.25) is 11.8 Å². The van der Waals surface area contributed by atoms with E-state index < -0.39 is 0 Å². The first kappa shape index (κ1) is 18.0. The number of anilines is 1. The molecule has 1 saturated carbocycles. The van der Waals surface area contributed by atoms with Gasteiger partial charge < -0.3 is 10.2 Å². The van der Waals surface area contributed by atoms with Gasteiger partial charge in [-0.15, -0.1) is 0 Å². The monoisotopic (exact) mass is 380 g/mol. The van der Waals surface area contributed by atoms with Gasteiger partial charge in [0.1, 0.15) is 0 Å². The molecule has 0 heterocycles. The molecule has 1 aliphatic carbocycles. The number of benzene rings is 1. The largest absolute Gasteiger partial charge is 0.347 e. The van der Waals surface area contributed by atoms with Crippen LogP contribution in [0, 0.1) is 12.8 Å². The van der Waals surface area contributed by atoms with Crippen LogP contribution in [0.4, 0.5) is 5.69 Å². The molecule has 0 bridgehead atoms. The number of nitrogens with one attached hydrogen (secondary N) is 1. The first-order valence-corrected chi connectivity index (χ1v) is 9.06. The Bertz CT molecular complexity index is 568. The Morgan fingerprint density at radius 1 is 1.30 bits per heavy atom. The van der Waals surface area contributed by atoms with Crippen molar-refractivity contribution in [2.24, 2.45) is 5.92 Å². The predicted molar refractivity (Wildman–Crippen MR) is 96.5 cm³/mol. The topological polar surface area (TPSA) is 49.4 Å². The van der Waals surface area contributed by atoms with E-state index in [0.29, 0.717) is 12.3 Å². The molecule has 5 heteroatoms. The van der Waals surface area contributed by atoms with Crippen LogP contribution in [0.25, 0.3) is 0 Å². The summed E-state index contributed by atoms with van der Waals surface area (Å²) in [6, 6.07) is 5.76. The van der Waals surface area contributed by atoms with E-state index in [2.05, 4.69) is 21.2 Å². The number of likely N-dealkylation sites (N-methyl/N-ethyl adjacent to an activating group) is 1. The lowest BCUT2D eigenvalue weighted by Gasteiger charge is -2.18. The van der Waals surface area contributed by atoms with E-state index in [9.17, 15) is 9.59 Å². The minimum absolute atomic E-state index is 0.0226. The van der Waals surface area contributed by atoms with E-state index in [1.165, 1.54) is 25.7 Å². The van der Waals surface area contributed by atoms with Crippen molar-refractivity contribution in [1.82, 2.24) is 5.32 Å². The molecule has 4 nitrogen and oxygen atoms in total. The number of aryl methyl sites for hydroxylation is 1. The van der Waals surface area contributed by atoms with Gasteiger partial charge in [0.25, 0.3) is 0 Å². The molecular weight excluding hydrogens is 356 g/mol. The van der Waals surface area contributed by atoms with E-state index in [4.69, 9.17) is 0 Å². The molecule has 0 aromatic heterocycles. The number of amides is 2. The molecule has 0 aliphatic heterocycles. The summed E-state index contributed by atoms with van der Waals surface area (Å²) in [6.07, 6.45) is 6.56. The number of rotatable bonds is 6. The summed E-state index contributed by atoms with van der Waals surface area (Å²) in [4.78, 5) is 25.7. The summed E-state index contributed by atoms with van der Waals surface area (Å²) in [5, 5.41) is 2.74. The average Bonchev–Trinajstić information content (AvgIpc) is 3.06. The fourth-order valence-electron chi connectivity index (χ4n) is 3.00. The summed E-state index contributed by atoms with van der Waals surface area (Å²) in [6.45, 7) is 2.03. The lowest BCUT2D eigenvalue weighted by Crippen LogP contribution is -2.38. The Kier molecular flexibility index (Phi) is 6.63. The van der Waals surface area contributed by atoms with Gasteiger partial charge in [0.05, 0.1) is 6.54 Å². The SMILES string of the molecule is Cc1cc(N(C)C(=O)CNC(=O)CCC2CCCC2)ccc1Br. The number of hydrogen-bond acceptors (Lipinski definition) is 2. The van der Waals surface area contributed by atoms with Gasteiger partial charge >= 0.3 is 0 Å². The van der Waals surface area contributed by atoms with Crippen molar-refractivity contribution in [2.75, 3.05) is 18.5 Å². The highest BCUT2D eigenvalue weighted by atomic mass is 79.9. The molecule has 0 unspecified atom stereocenters. The summed E-state index contributed by atoms with van der Waals surface area (Å²) in [5.74, 6) is 0.566. The molecule has 1 aromatic rings. The fourth-order valence-corrected chi connectivity index (χ4v) is 3.24. The Labute approximate surface area is 146 Å². The lowest BCUT2D eigenvalue weighted by atomic mass is 10.0. The fraction of sp³-hybridized carbons (Fsp3) is 0.556. The molecule has 1 aromatic carbocycles. The smallest absolute Gasteiger partial charge is 0.246 e. The van der Waals surface area contributed by atoms with E-state index in [0.717, 1.165) is 22.1 Å². The van der Waals surface area contributed by atoms with Crippen LogP contribution in [0.15, 0.2) is 22.7 Å². The molecule has 1 N–H and O–H groups in total. The van der Waals surface area contributed by atoms with Gasteiger partial charge in [-0.25, -0.2) is 0 Å². The van der Waals surface area contributed by atoms with Crippen LogP contribution in [-0.4, -0.2) is 25.4 Å². The predicted octanol–water partition coefficient (Wildman–Crippen LogP) is 3.81. The van der Waals surface area contributed by atoms with Gasteiger partial charge in [-0.1, -0.05) is 41.6 Å². The summed E-state index contributed by atoms with van der Waals surface area (Å²) in [7, 11) is 1.73. The summed E-state index contributed by atoms with van der Waals surface area (Å²) >= 11 is 3.45. The first-order valence-electron chi connectivity index (χ1n) is 8.27. The maximum absolute atomic E-state index is 12.2. The highest BCUT2D eigenvalue weighted by Gasteiger charge is 2.17. The average molecular weight is 381 g/mol. The Morgan fingerprint density at radius 3 is 2.65 bits per heavy atom. The van der Waals surface area contributed by atoms with Gasteiger partial charge in [-0.2, -0.15) is 0 Å². The second-order valence-corrected chi connectivity index (χ2v) is 7.21. The minimum Gasteiger partial charge on any atom is -0.347 e. The number of hydrogen-bond donors (Lipinski definition) is 1. The third-order valence-corrected chi connectivity index (χ3v) is 5.48. The zero-order valence-corrected chi connectivity index (χ0v) is 15.5. The number of carbonyl (C=O) groups is 2. The lowest BCUT2D eigenvalue weighted by molar-refractivity contribution is -0.125. The van der Waals surface area contributed by atoms with Crippen LogP contribution in [-0.2, 0) is 9.59 Å². The van der Waals surface area contributed by atoms with Crippen LogP contribution in [0.2, 0.25) is 0 Å². The quantitative estimate of drug-likeness (QED) is 0.815. The standard InChI is InChI=1S/C18H25BrN2O2/c1-13-11-15(8-9-16(13)19)21(2)18(23)12-20-17(22)10-7-14-5-3-4-6-14/h8-9,11,14H,3-7,10,12H2,1-2H3,(H,20,22). The molecule has 23 heavy (non-hydrogen) atoms. The number of nitrogens with zero attached hydrogens (tertiary/aromatic N) is 1.